The lowest BCUT2D eigenvalue weighted by molar-refractivity contribution is -0.132. The third-order valence-corrected chi connectivity index (χ3v) is 6.81. The summed E-state index contributed by atoms with van der Waals surface area (Å²) in [4.78, 5) is 32.6. The van der Waals surface area contributed by atoms with Gasteiger partial charge in [-0.1, -0.05) is 36.4 Å². The molecule has 0 spiro atoms. The zero-order valence-electron chi connectivity index (χ0n) is 22.2. The summed E-state index contributed by atoms with van der Waals surface area (Å²) in [7, 11) is 3.22. The Hall–Kier alpha value is -2.90. The fourth-order valence-corrected chi connectivity index (χ4v) is 4.79. The zero-order valence-corrected chi connectivity index (χ0v) is 22.2. The smallest absolute Gasteiger partial charge is 0.252 e. The van der Waals surface area contributed by atoms with Crippen molar-refractivity contribution in [3.8, 4) is 5.75 Å². The van der Waals surface area contributed by atoms with E-state index in [9.17, 15) is 9.59 Å². The van der Waals surface area contributed by atoms with Crippen molar-refractivity contribution in [1.82, 2.24) is 9.80 Å². The lowest BCUT2D eigenvalue weighted by Gasteiger charge is -2.30. The Bertz CT molecular complexity index is 994. The number of anilines is 1. The summed E-state index contributed by atoms with van der Waals surface area (Å²) in [5.74, 6) is 0.940. The van der Waals surface area contributed by atoms with E-state index in [-0.39, 0.29) is 18.4 Å². The second kappa shape index (κ2) is 14.0. The number of benzene rings is 2. The highest BCUT2D eigenvalue weighted by Crippen LogP contribution is 2.25. The molecule has 2 aromatic rings. The number of rotatable bonds is 8. The average Bonchev–Trinajstić information content (AvgIpc) is 2.91. The highest BCUT2D eigenvalue weighted by atomic mass is 16.5. The topological polar surface area (TPSA) is 62.3 Å². The first-order chi connectivity index (χ1) is 17.4. The number of amides is 2. The Kier molecular flexibility index (Phi) is 10.8. The summed E-state index contributed by atoms with van der Waals surface area (Å²) in [6.45, 7) is 7.83. The van der Waals surface area contributed by atoms with Crippen LogP contribution in [-0.2, 0) is 27.3 Å². The van der Waals surface area contributed by atoms with Crippen LogP contribution in [0.1, 0.15) is 44.2 Å². The molecule has 1 aliphatic rings. The Balaban J connectivity index is 1.80. The monoisotopic (exact) mass is 495 g/mol. The molecule has 1 heterocycles. The number of methoxy groups -OCH3 is 2. The molecule has 196 valence electrons. The third-order valence-electron chi connectivity index (χ3n) is 6.81. The number of hydrogen-bond donors (Lipinski definition) is 0. The molecule has 0 saturated carbocycles. The summed E-state index contributed by atoms with van der Waals surface area (Å²) < 4.78 is 10.6. The normalized spacial score (nSPS) is 15.4. The van der Waals surface area contributed by atoms with E-state index in [1.165, 1.54) is 0 Å². The van der Waals surface area contributed by atoms with Crippen molar-refractivity contribution in [1.29, 1.82) is 0 Å². The van der Waals surface area contributed by atoms with E-state index >= 15 is 0 Å². The standard InChI is InChI=1S/C29H41N3O4/c1-23(2)30-17-10-18-32(29(34)22-35-3)26-14-7-5-12-25(26)21-31(20-19-30)28(33)16-9-13-24-11-6-8-15-27(24)36-4/h5-8,11-12,14-15,23H,9-10,13,16-22H2,1-4H3. The van der Waals surface area contributed by atoms with Gasteiger partial charge in [0.15, 0.2) is 0 Å². The van der Waals surface area contributed by atoms with E-state index in [0.29, 0.717) is 32.1 Å². The Morgan fingerprint density at radius 1 is 0.917 bits per heavy atom. The van der Waals surface area contributed by atoms with E-state index in [2.05, 4.69) is 24.8 Å². The van der Waals surface area contributed by atoms with Crippen LogP contribution < -0.4 is 9.64 Å². The Morgan fingerprint density at radius 2 is 1.67 bits per heavy atom. The molecule has 0 bridgehead atoms. The SMILES string of the molecule is COCC(=O)N1CCCN(C(C)C)CCN(C(=O)CCCc2ccccc2OC)Cc2ccccc21. The van der Waals surface area contributed by atoms with Gasteiger partial charge in [0, 0.05) is 58.0 Å². The minimum atomic E-state index is -0.0602. The van der Waals surface area contributed by atoms with Crippen molar-refractivity contribution in [3.05, 3.63) is 59.7 Å². The maximum atomic E-state index is 13.5. The van der Waals surface area contributed by atoms with E-state index in [4.69, 9.17) is 9.47 Å². The maximum Gasteiger partial charge on any atom is 0.252 e. The van der Waals surface area contributed by atoms with Gasteiger partial charge in [-0.2, -0.15) is 0 Å². The van der Waals surface area contributed by atoms with Crippen molar-refractivity contribution in [3.63, 3.8) is 0 Å². The van der Waals surface area contributed by atoms with E-state index in [0.717, 1.165) is 54.9 Å². The van der Waals surface area contributed by atoms with Gasteiger partial charge in [-0.05, 0) is 56.4 Å². The van der Waals surface area contributed by atoms with E-state index < -0.39 is 0 Å². The first-order valence-electron chi connectivity index (χ1n) is 13.0. The van der Waals surface area contributed by atoms with Crippen LogP contribution in [0, 0.1) is 0 Å². The average molecular weight is 496 g/mol. The number of para-hydroxylation sites is 2. The minimum Gasteiger partial charge on any atom is -0.496 e. The fourth-order valence-electron chi connectivity index (χ4n) is 4.79. The van der Waals surface area contributed by atoms with Crippen LogP contribution in [0.5, 0.6) is 5.75 Å². The molecule has 0 radical (unpaired) electrons. The lowest BCUT2D eigenvalue weighted by atomic mass is 10.1. The molecule has 0 aliphatic carbocycles. The van der Waals surface area contributed by atoms with Crippen LogP contribution in [-0.4, -0.2) is 74.7 Å². The highest BCUT2D eigenvalue weighted by molar-refractivity contribution is 5.95. The highest BCUT2D eigenvalue weighted by Gasteiger charge is 2.24. The molecule has 2 aromatic carbocycles. The molecule has 0 atom stereocenters. The van der Waals surface area contributed by atoms with Gasteiger partial charge in [0.25, 0.3) is 5.91 Å². The molecule has 0 fully saturated rings. The van der Waals surface area contributed by atoms with Crippen LogP contribution in [0.25, 0.3) is 0 Å². The summed E-state index contributed by atoms with van der Waals surface area (Å²) >= 11 is 0. The van der Waals surface area contributed by atoms with E-state index in [1.807, 2.05) is 52.3 Å². The predicted octanol–water partition coefficient (Wildman–Crippen LogP) is 4.14. The molecule has 3 rings (SSSR count). The van der Waals surface area contributed by atoms with Gasteiger partial charge < -0.3 is 19.3 Å². The minimum absolute atomic E-state index is 0.0355. The van der Waals surface area contributed by atoms with Crippen LogP contribution in [0.4, 0.5) is 5.69 Å². The second-order valence-corrected chi connectivity index (χ2v) is 9.57. The fraction of sp³-hybridized carbons (Fsp3) is 0.517. The van der Waals surface area contributed by atoms with Gasteiger partial charge in [-0.25, -0.2) is 0 Å². The molecule has 7 heteroatoms. The largest absolute Gasteiger partial charge is 0.496 e. The summed E-state index contributed by atoms with van der Waals surface area (Å²) in [6.07, 6.45) is 2.87. The molecular weight excluding hydrogens is 454 g/mol. The molecule has 7 nitrogen and oxygen atoms in total. The molecule has 36 heavy (non-hydrogen) atoms. The number of ether oxygens (including phenoxy) is 2. The van der Waals surface area contributed by atoms with Crippen molar-refractivity contribution in [2.75, 3.05) is 51.9 Å². The van der Waals surface area contributed by atoms with Crippen LogP contribution in [0.15, 0.2) is 48.5 Å². The molecule has 0 N–H and O–H groups in total. The first kappa shape index (κ1) is 27.7. The first-order valence-corrected chi connectivity index (χ1v) is 13.0. The van der Waals surface area contributed by atoms with Gasteiger partial charge in [0.05, 0.1) is 7.11 Å². The quantitative estimate of drug-likeness (QED) is 0.551. The molecule has 0 saturated heterocycles. The number of fused-ring (bicyclic) bond motifs is 1. The van der Waals surface area contributed by atoms with Gasteiger partial charge in [0.2, 0.25) is 5.91 Å². The van der Waals surface area contributed by atoms with Gasteiger partial charge >= 0.3 is 0 Å². The third kappa shape index (κ3) is 7.55. The lowest BCUT2D eigenvalue weighted by Crippen LogP contribution is -2.41. The maximum absolute atomic E-state index is 13.5. The van der Waals surface area contributed by atoms with Crippen molar-refractivity contribution < 1.29 is 19.1 Å². The van der Waals surface area contributed by atoms with Gasteiger partial charge in [-0.3, -0.25) is 14.5 Å². The molecule has 0 unspecified atom stereocenters. The van der Waals surface area contributed by atoms with Crippen LogP contribution >= 0.6 is 0 Å². The number of aryl methyl sites for hydroxylation is 1. The molecule has 2 amide bonds. The number of carbonyl (C=O) groups excluding carboxylic acids is 2. The molecular formula is C29H41N3O4. The summed E-state index contributed by atoms with van der Waals surface area (Å²) in [6, 6.07) is 16.3. The molecule has 0 aromatic heterocycles. The summed E-state index contributed by atoms with van der Waals surface area (Å²) in [5, 5.41) is 0. The summed E-state index contributed by atoms with van der Waals surface area (Å²) in [5.41, 5.74) is 2.97. The van der Waals surface area contributed by atoms with Crippen molar-refractivity contribution in [2.24, 2.45) is 0 Å². The predicted molar refractivity (Wildman–Crippen MR) is 143 cm³/mol. The number of hydrogen-bond acceptors (Lipinski definition) is 5. The Labute approximate surface area is 216 Å². The van der Waals surface area contributed by atoms with Gasteiger partial charge in [-0.15, -0.1) is 0 Å². The second-order valence-electron chi connectivity index (χ2n) is 9.57. The van der Waals surface area contributed by atoms with Crippen LogP contribution in [0.3, 0.4) is 0 Å². The molecule has 1 aliphatic heterocycles. The van der Waals surface area contributed by atoms with Crippen molar-refractivity contribution in [2.45, 2.75) is 52.1 Å². The number of carbonyl (C=O) groups is 2. The van der Waals surface area contributed by atoms with Gasteiger partial charge in [0.1, 0.15) is 12.4 Å². The van der Waals surface area contributed by atoms with E-state index in [1.54, 1.807) is 14.2 Å². The zero-order chi connectivity index (χ0) is 25.9. The van der Waals surface area contributed by atoms with Crippen LogP contribution in [0.2, 0.25) is 0 Å². The number of nitrogens with zero attached hydrogens (tertiary/aromatic N) is 3. The van der Waals surface area contributed by atoms with Crippen molar-refractivity contribution >= 4 is 17.5 Å². The Morgan fingerprint density at radius 3 is 2.42 bits per heavy atom.